The summed E-state index contributed by atoms with van der Waals surface area (Å²) in [7, 11) is 0. The van der Waals surface area contributed by atoms with E-state index in [1.807, 2.05) is 20.8 Å². The minimum Gasteiger partial charge on any atom is -0.396 e. The van der Waals surface area contributed by atoms with Gasteiger partial charge in [0.05, 0.1) is 0 Å². The van der Waals surface area contributed by atoms with Crippen LogP contribution in [-0.2, 0) is 0 Å². The van der Waals surface area contributed by atoms with Crippen molar-refractivity contribution in [2.45, 2.75) is 40.0 Å². The summed E-state index contributed by atoms with van der Waals surface area (Å²) in [5, 5.41) is 28.3. The Morgan fingerprint density at radius 3 is 1.00 bits per heavy atom. The van der Waals surface area contributed by atoms with Gasteiger partial charge in [0.1, 0.15) is 0 Å². The second kappa shape index (κ2) is 4.04. The minimum absolute atomic E-state index is 0.123. The number of rotatable bonds is 3. The van der Waals surface area contributed by atoms with Gasteiger partial charge in [-0.25, -0.2) is 0 Å². The van der Waals surface area contributed by atoms with Crippen LogP contribution >= 0.6 is 0 Å². The molecule has 0 heterocycles. The van der Waals surface area contributed by atoms with Gasteiger partial charge in [0, 0.05) is 19.8 Å². The van der Waals surface area contributed by atoms with Crippen LogP contribution < -0.4 is 0 Å². The Bertz CT molecular complexity index is 181. The maximum atomic E-state index is 9.44. The van der Waals surface area contributed by atoms with Crippen molar-refractivity contribution in [3.63, 3.8) is 0 Å². The minimum atomic E-state index is -0.173. The van der Waals surface area contributed by atoms with Gasteiger partial charge in [-0.3, -0.25) is 0 Å². The zero-order valence-electron chi connectivity index (χ0n) is 10.1. The Balaban J connectivity index is 2.92. The molecular weight excluding hydrogens is 192 g/mol. The number of hydrogen-bond donors (Lipinski definition) is 3. The Labute approximate surface area is 92.1 Å². The molecule has 0 bridgehead atoms. The maximum absolute atomic E-state index is 9.44. The fraction of sp³-hybridized carbons (Fsp3) is 1.00. The predicted molar refractivity (Wildman–Crippen MR) is 59.4 cm³/mol. The zero-order chi connectivity index (χ0) is 11.7. The molecule has 1 rings (SSSR count). The van der Waals surface area contributed by atoms with E-state index in [0.29, 0.717) is 0 Å². The van der Waals surface area contributed by atoms with Gasteiger partial charge in [-0.15, -0.1) is 0 Å². The van der Waals surface area contributed by atoms with Crippen LogP contribution in [0.15, 0.2) is 0 Å². The number of aliphatic hydroxyl groups excluding tert-OH is 3. The highest BCUT2D eigenvalue weighted by atomic mass is 16.3. The van der Waals surface area contributed by atoms with E-state index >= 15 is 0 Å². The van der Waals surface area contributed by atoms with Crippen molar-refractivity contribution in [2.75, 3.05) is 19.8 Å². The van der Waals surface area contributed by atoms with Crippen molar-refractivity contribution in [3.8, 4) is 0 Å². The predicted octanol–water partition coefficient (Wildman–Crippen LogP) is 1.17. The van der Waals surface area contributed by atoms with Crippen LogP contribution in [0.5, 0.6) is 0 Å². The van der Waals surface area contributed by atoms with Gasteiger partial charge in [0.15, 0.2) is 0 Å². The van der Waals surface area contributed by atoms with Crippen LogP contribution in [-0.4, -0.2) is 35.1 Å². The monoisotopic (exact) mass is 216 g/mol. The van der Waals surface area contributed by atoms with Crippen LogP contribution in [0, 0.1) is 16.2 Å². The first-order chi connectivity index (χ1) is 6.80. The van der Waals surface area contributed by atoms with E-state index < -0.39 is 0 Å². The summed E-state index contributed by atoms with van der Waals surface area (Å²) < 4.78 is 0. The third-order valence-electron chi connectivity index (χ3n) is 3.71. The first-order valence-electron chi connectivity index (χ1n) is 5.63. The maximum Gasteiger partial charge on any atom is 0.0485 e. The lowest BCUT2D eigenvalue weighted by molar-refractivity contribution is -0.0794. The summed E-state index contributed by atoms with van der Waals surface area (Å²) in [5.41, 5.74) is -0.520. The van der Waals surface area contributed by atoms with Crippen LogP contribution in [0.4, 0.5) is 0 Å². The van der Waals surface area contributed by atoms with E-state index in [1.54, 1.807) is 0 Å². The number of aliphatic hydroxyl groups is 3. The van der Waals surface area contributed by atoms with Gasteiger partial charge in [-0.05, 0) is 35.5 Å². The van der Waals surface area contributed by atoms with Gasteiger partial charge >= 0.3 is 0 Å². The quantitative estimate of drug-likeness (QED) is 0.663. The molecule has 15 heavy (non-hydrogen) atoms. The lowest BCUT2D eigenvalue weighted by Crippen LogP contribution is -2.47. The molecule has 0 aliphatic heterocycles. The molecule has 90 valence electrons. The molecule has 0 spiro atoms. The average Bonchev–Trinajstić information content (AvgIpc) is 2.16. The van der Waals surface area contributed by atoms with Crippen LogP contribution in [0.25, 0.3) is 0 Å². The molecule has 1 fully saturated rings. The largest absolute Gasteiger partial charge is 0.396 e. The van der Waals surface area contributed by atoms with E-state index in [0.717, 1.165) is 19.3 Å². The second-order valence-corrected chi connectivity index (χ2v) is 6.44. The van der Waals surface area contributed by atoms with Crippen molar-refractivity contribution in [1.29, 1.82) is 0 Å². The summed E-state index contributed by atoms with van der Waals surface area (Å²) in [4.78, 5) is 0. The fourth-order valence-corrected chi connectivity index (χ4v) is 3.61. The molecule has 3 nitrogen and oxygen atoms in total. The van der Waals surface area contributed by atoms with E-state index in [9.17, 15) is 15.3 Å². The van der Waals surface area contributed by atoms with Crippen molar-refractivity contribution in [2.24, 2.45) is 16.2 Å². The summed E-state index contributed by atoms with van der Waals surface area (Å²) in [5.74, 6) is 0. The Kier molecular flexibility index (Phi) is 3.49. The third kappa shape index (κ3) is 2.71. The molecule has 0 unspecified atom stereocenters. The van der Waals surface area contributed by atoms with Crippen molar-refractivity contribution >= 4 is 0 Å². The third-order valence-corrected chi connectivity index (χ3v) is 3.71. The van der Waals surface area contributed by atoms with Crippen LogP contribution in [0.2, 0.25) is 0 Å². The topological polar surface area (TPSA) is 60.7 Å². The standard InChI is InChI=1S/C12H24O3/c1-10(7-13)4-11(2,8-14)6-12(3,5-10)9-15/h13-15H,4-9H2,1-3H3. The normalized spacial score (nSPS) is 46.8. The molecule has 0 radical (unpaired) electrons. The molecule has 3 N–H and O–H groups in total. The highest BCUT2D eigenvalue weighted by molar-refractivity contribution is 4.98. The van der Waals surface area contributed by atoms with E-state index in [2.05, 4.69) is 0 Å². The molecule has 1 aliphatic rings. The molecule has 0 atom stereocenters. The first kappa shape index (κ1) is 12.9. The Hall–Kier alpha value is -0.120. The van der Waals surface area contributed by atoms with Crippen molar-refractivity contribution in [1.82, 2.24) is 0 Å². The van der Waals surface area contributed by atoms with Crippen molar-refractivity contribution < 1.29 is 15.3 Å². The summed E-state index contributed by atoms with van der Waals surface area (Å²) >= 11 is 0. The molecular formula is C12H24O3. The van der Waals surface area contributed by atoms with Gasteiger partial charge in [-0.1, -0.05) is 20.8 Å². The van der Waals surface area contributed by atoms with Crippen LogP contribution in [0.1, 0.15) is 40.0 Å². The van der Waals surface area contributed by atoms with Gasteiger partial charge in [0.25, 0.3) is 0 Å². The molecule has 0 aromatic heterocycles. The summed E-state index contributed by atoms with van der Waals surface area (Å²) in [6, 6.07) is 0. The molecule has 0 amide bonds. The second-order valence-electron chi connectivity index (χ2n) is 6.44. The zero-order valence-corrected chi connectivity index (χ0v) is 10.1. The highest BCUT2D eigenvalue weighted by Gasteiger charge is 2.48. The van der Waals surface area contributed by atoms with E-state index in [1.165, 1.54) is 0 Å². The molecule has 3 heteroatoms. The van der Waals surface area contributed by atoms with Gasteiger partial charge in [0.2, 0.25) is 0 Å². The molecule has 0 saturated heterocycles. The van der Waals surface area contributed by atoms with Gasteiger partial charge < -0.3 is 15.3 Å². The Morgan fingerprint density at radius 2 is 0.867 bits per heavy atom. The molecule has 0 aromatic carbocycles. The van der Waals surface area contributed by atoms with E-state index in [4.69, 9.17) is 0 Å². The highest BCUT2D eigenvalue weighted by Crippen LogP contribution is 2.53. The number of hydrogen-bond acceptors (Lipinski definition) is 3. The SMILES string of the molecule is CC1(CO)CC(C)(CO)CC(C)(CO)C1. The molecule has 1 aliphatic carbocycles. The van der Waals surface area contributed by atoms with Crippen LogP contribution in [0.3, 0.4) is 0 Å². The van der Waals surface area contributed by atoms with Gasteiger partial charge in [-0.2, -0.15) is 0 Å². The molecule has 0 aromatic rings. The molecule has 1 saturated carbocycles. The van der Waals surface area contributed by atoms with Crippen molar-refractivity contribution in [3.05, 3.63) is 0 Å². The lowest BCUT2D eigenvalue weighted by atomic mass is 9.55. The Morgan fingerprint density at radius 1 is 0.667 bits per heavy atom. The van der Waals surface area contributed by atoms with E-state index in [-0.39, 0.29) is 36.1 Å². The fourth-order valence-electron chi connectivity index (χ4n) is 3.61. The lowest BCUT2D eigenvalue weighted by Gasteiger charge is -2.51. The summed E-state index contributed by atoms with van der Waals surface area (Å²) in [6.07, 6.45) is 2.47. The smallest absolute Gasteiger partial charge is 0.0485 e. The summed E-state index contributed by atoms with van der Waals surface area (Å²) in [6.45, 7) is 6.48. The average molecular weight is 216 g/mol. The first-order valence-corrected chi connectivity index (χ1v) is 5.63.